The van der Waals surface area contributed by atoms with Crippen molar-refractivity contribution in [2.45, 2.75) is 23.8 Å². The van der Waals surface area contributed by atoms with E-state index in [4.69, 9.17) is 0 Å². The average Bonchev–Trinajstić information content (AvgIpc) is 1.41. The zero-order chi connectivity index (χ0) is 4.12. The molecule has 0 heterocycles. The minimum absolute atomic E-state index is 0. The molecule has 0 aromatic heterocycles. The Bertz CT molecular complexity index is 15.0. The van der Waals surface area contributed by atoms with Gasteiger partial charge in [0.1, 0.15) is 0 Å². The molecule has 0 saturated carbocycles. The van der Waals surface area contributed by atoms with Gasteiger partial charge in [-0.1, -0.05) is 0 Å². The molecule has 35 valence electrons. The Balaban J connectivity index is 0. The molecule has 0 spiro atoms. The molecule has 0 bridgehead atoms. The fraction of sp³-hybridized carbons (Fsp3) is 1.00. The van der Waals surface area contributed by atoms with Gasteiger partial charge in [0.2, 0.25) is 0 Å². The molecule has 0 aliphatic heterocycles. The number of hydrogen-bond donors (Lipinski definition) is 0. The summed E-state index contributed by atoms with van der Waals surface area (Å²) in [5, 5.41) is 0. The molecule has 0 aliphatic rings. The van der Waals surface area contributed by atoms with Crippen molar-refractivity contribution in [1.82, 2.24) is 0 Å². The summed E-state index contributed by atoms with van der Waals surface area (Å²) in [6.45, 7) is 4.59. The maximum absolute atomic E-state index is 2.30. The van der Waals surface area contributed by atoms with Crippen molar-refractivity contribution in [1.29, 1.82) is 0 Å². The van der Waals surface area contributed by atoms with Crippen molar-refractivity contribution in [3.63, 3.8) is 0 Å². The van der Waals surface area contributed by atoms with Gasteiger partial charge in [0.25, 0.3) is 0 Å². The van der Waals surface area contributed by atoms with E-state index in [-0.39, 0.29) is 27.3 Å². The van der Waals surface area contributed by atoms with Crippen molar-refractivity contribution < 1.29 is 0 Å². The van der Waals surface area contributed by atoms with Crippen molar-refractivity contribution in [3.05, 3.63) is 0 Å². The SMILES string of the molecule is C[CH2][GaH][CH2]C.[P]. The number of hydrogen-bond acceptors (Lipinski definition) is 0. The van der Waals surface area contributed by atoms with E-state index < -0.39 is 0 Å². The standard InChI is InChI=1S/2C2H5.Ga.P.H/c2*1-2;;;/h2*1H2,2H3;;;. The van der Waals surface area contributed by atoms with Crippen LogP contribution in [0.25, 0.3) is 0 Å². The van der Waals surface area contributed by atoms with E-state index in [9.17, 15) is 0 Å². The van der Waals surface area contributed by atoms with Crippen LogP contribution in [0.2, 0.25) is 9.95 Å². The van der Waals surface area contributed by atoms with Crippen LogP contribution < -0.4 is 0 Å². The quantitative estimate of drug-likeness (QED) is 0.428. The fourth-order valence-electron chi connectivity index (χ4n) is 0.354. The first-order chi connectivity index (χ1) is 2.41. The third kappa shape index (κ3) is 8.91. The Morgan fingerprint density at radius 3 is 1.50 bits per heavy atom. The van der Waals surface area contributed by atoms with Gasteiger partial charge >= 0.3 is 41.2 Å². The fourth-order valence-corrected chi connectivity index (χ4v) is 1.84. The van der Waals surface area contributed by atoms with Crippen LogP contribution in [-0.2, 0) is 0 Å². The maximum atomic E-state index is 2.30. The van der Waals surface area contributed by atoms with Crippen LogP contribution in [0.4, 0.5) is 0 Å². The molecular weight excluding hydrogens is 149 g/mol. The Morgan fingerprint density at radius 2 is 1.50 bits per heavy atom. The van der Waals surface area contributed by atoms with E-state index in [0.717, 1.165) is 0 Å². The molecule has 0 N–H and O–H groups in total. The van der Waals surface area contributed by atoms with Gasteiger partial charge in [-0.05, 0) is 0 Å². The largest absolute Gasteiger partial charge is 0 e. The Labute approximate surface area is 51.5 Å². The normalized spacial score (nSPS) is 6.33. The molecule has 0 aliphatic carbocycles. The summed E-state index contributed by atoms with van der Waals surface area (Å²) in [7, 11) is 0. The Morgan fingerprint density at radius 1 is 1.17 bits per heavy atom. The van der Waals surface area contributed by atoms with Gasteiger partial charge in [-0.3, -0.25) is 0 Å². The second-order valence-corrected chi connectivity index (χ2v) is 7.03. The summed E-state index contributed by atoms with van der Waals surface area (Å²) in [5.41, 5.74) is 0. The molecular formula is C4H11GaP. The summed E-state index contributed by atoms with van der Waals surface area (Å²) in [5.74, 6) is 0. The van der Waals surface area contributed by atoms with Crippen LogP contribution in [-0.4, -0.2) is 17.4 Å². The van der Waals surface area contributed by atoms with E-state index in [2.05, 4.69) is 13.8 Å². The molecule has 0 saturated heterocycles. The second kappa shape index (κ2) is 9.42. The summed E-state index contributed by atoms with van der Waals surface area (Å²) >= 11 is 0.0972. The van der Waals surface area contributed by atoms with Crippen LogP contribution in [0.3, 0.4) is 0 Å². The molecule has 0 aromatic rings. The topological polar surface area (TPSA) is 0 Å². The molecule has 2 heteroatoms. The third-order valence-corrected chi connectivity index (χ3v) is 3.67. The average molecular weight is 160 g/mol. The summed E-state index contributed by atoms with van der Waals surface area (Å²) in [6, 6.07) is 0. The molecule has 0 unspecified atom stereocenters. The molecule has 0 fully saturated rings. The molecule has 0 amide bonds. The van der Waals surface area contributed by atoms with Crippen LogP contribution in [0.15, 0.2) is 0 Å². The minimum atomic E-state index is 0. The third-order valence-electron chi connectivity index (χ3n) is 0.707. The van der Waals surface area contributed by atoms with Crippen LogP contribution in [0, 0.1) is 0 Å². The molecule has 0 aromatic carbocycles. The molecule has 0 rings (SSSR count). The molecule has 0 atom stereocenters. The minimum Gasteiger partial charge on any atom is 0 e. The van der Waals surface area contributed by atoms with Gasteiger partial charge in [0.15, 0.2) is 0 Å². The van der Waals surface area contributed by atoms with Gasteiger partial charge in [0, 0.05) is 9.90 Å². The zero-order valence-electron chi connectivity index (χ0n) is 4.57. The van der Waals surface area contributed by atoms with Crippen LogP contribution in [0.5, 0.6) is 0 Å². The van der Waals surface area contributed by atoms with Crippen molar-refractivity contribution in [3.8, 4) is 0 Å². The predicted molar refractivity (Wildman–Crippen MR) is 35.0 cm³/mol. The first-order valence-corrected chi connectivity index (χ1v) is 6.61. The van der Waals surface area contributed by atoms with E-state index in [1.54, 1.807) is 0 Å². The predicted octanol–water partition coefficient (Wildman–Crippen LogP) is 2.16. The van der Waals surface area contributed by atoms with Crippen LogP contribution in [0.1, 0.15) is 13.8 Å². The van der Waals surface area contributed by atoms with Gasteiger partial charge in [0.05, 0.1) is 0 Å². The smallest absolute Gasteiger partial charge is 0 e. The van der Waals surface area contributed by atoms with Crippen molar-refractivity contribution in [2.24, 2.45) is 0 Å². The first-order valence-electron chi connectivity index (χ1n) is 2.41. The van der Waals surface area contributed by atoms with E-state index in [1.165, 1.54) is 9.95 Å². The van der Waals surface area contributed by atoms with Gasteiger partial charge in [-0.2, -0.15) is 0 Å². The second-order valence-electron chi connectivity index (χ2n) is 1.35. The molecule has 0 nitrogen and oxygen atoms in total. The van der Waals surface area contributed by atoms with E-state index in [1.807, 2.05) is 0 Å². The summed E-state index contributed by atoms with van der Waals surface area (Å²) in [6.07, 6.45) is 0. The maximum Gasteiger partial charge on any atom is 0 e. The Hall–Kier alpha value is 1.07. The van der Waals surface area contributed by atoms with Gasteiger partial charge < -0.3 is 0 Å². The van der Waals surface area contributed by atoms with Crippen molar-refractivity contribution >= 4 is 27.3 Å². The molecule has 3 radical (unpaired) electrons. The monoisotopic (exact) mass is 159 g/mol. The summed E-state index contributed by atoms with van der Waals surface area (Å²) < 4.78 is 0. The van der Waals surface area contributed by atoms with E-state index in [0.29, 0.717) is 0 Å². The van der Waals surface area contributed by atoms with Crippen molar-refractivity contribution in [2.75, 3.05) is 0 Å². The first kappa shape index (κ1) is 10.1. The van der Waals surface area contributed by atoms with E-state index >= 15 is 0 Å². The van der Waals surface area contributed by atoms with Gasteiger partial charge in [-0.25, -0.2) is 0 Å². The summed E-state index contributed by atoms with van der Waals surface area (Å²) in [4.78, 5) is 3.06. The van der Waals surface area contributed by atoms with Gasteiger partial charge in [-0.15, -0.1) is 0 Å². The Kier molecular flexibility index (Phi) is 15.9. The molecule has 6 heavy (non-hydrogen) atoms. The zero-order valence-corrected chi connectivity index (χ0v) is 8.43. The number of rotatable bonds is 2. The van der Waals surface area contributed by atoms with Crippen LogP contribution >= 0.6 is 9.90 Å².